The Bertz CT molecular complexity index is 1020. The maximum absolute atomic E-state index is 11.9. The number of nitro benzene ring substituents is 1. The number of hydrogen-bond donors (Lipinski definition) is 2. The number of aromatic nitrogens is 2. The number of nitrogens with zero attached hydrogens (tertiary/aromatic N) is 3. The lowest BCUT2D eigenvalue weighted by molar-refractivity contribution is -0.384. The van der Waals surface area contributed by atoms with Crippen LogP contribution < -0.4 is 5.56 Å². The Morgan fingerprint density at radius 3 is 2.36 bits per heavy atom. The second kappa shape index (κ2) is 6.88. The molecule has 0 aliphatic heterocycles. The first-order valence-corrected chi connectivity index (χ1v) is 7.63. The van der Waals surface area contributed by atoms with Crippen LogP contribution in [0.4, 0.5) is 17.1 Å². The molecule has 0 spiro atoms. The van der Waals surface area contributed by atoms with Crippen molar-refractivity contribution in [3.63, 3.8) is 0 Å². The molecule has 3 rings (SSSR count). The smallest absolute Gasteiger partial charge is 0.292 e. The van der Waals surface area contributed by atoms with E-state index in [9.17, 15) is 14.9 Å². The van der Waals surface area contributed by atoms with Crippen LogP contribution in [0.15, 0.2) is 57.5 Å². The summed E-state index contributed by atoms with van der Waals surface area (Å²) < 4.78 is 0. The van der Waals surface area contributed by atoms with Gasteiger partial charge in [-0.25, -0.2) is 0 Å². The van der Waals surface area contributed by atoms with Gasteiger partial charge in [0.25, 0.3) is 11.2 Å². The largest absolute Gasteiger partial charge is 0.295 e. The van der Waals surface area contributed by atoms with E-state index < -0.39 is 10.5 Å². The average Bonchev–Trinajstić information content (AvgIpc) is 2.95. The second-order valence-electron chi connectivity index (χ2n) is 4.90. The van der Waals surface area contributed by atoms with E-state index in [0.29, 0.717) is 27.0 Å². The Balaban J connectivity index is 1.98. The van der Waals surface area contributed by atoms with Gasteiger partial charge in [0.2, 0.25) is 0 Å². The Hall–Kier alpha value is -2.97. The van der Waals surface area contributed by atoms with E-state index >= 15 is 0 Å². The summed E-state index contributed by atoms with van der Waals surface area (Å²) in [6.45, 7) is 0. The highest BCUT2D eigenvalue weighted by atomic mass is 35.5. The number of halogens is 2. The first-order chi connectivity index (χ1) is 12.0. The highest BCUT2D eigenvalue weighted by Gasteiger charge is 2.13. The topological polar surface area (TPSA) is 117 Å². The summed E-state index contributed by atoms with van der Waals surface area (Å²) in [5, 5.41) is 24.5. The van der Waals surface area contributed by atoms with Gasteiger partial charge in [-0.15, -0.1) is 10.2 Å². The quantitative estimate of drug-likeness (QED) is 0.378. The van der Waals surface area contributed by atoms with Gasteiger partial charge in [-0.1, -0.05) is 23.2 Å². The van der Waals surface area contributed by atoms with E-state index in [4.69, 9.17) is 23.2 Å². The first kappa shape index (κ1) is 16.9. The molecule has 2 aromatic carbocycles. The molecule has 1 heterocycles. The molecule has 0 saturated carbocycles. The number of H-pyrrole nitrogens is 2. The zero-order valence-corrected chi connectivity index (χ0v) is 13.9. The summed E-state index contributed by atoms with van der Waals surface area (Å²) in [5.41, 5.74) is 0.731. The molecule has 3 aromatic rings. The molecule has 0 unspecified atom stereocenters. The summed E-state index contributed by atoms with van der Waals surface area (Å²) in [7, 11) is 0. The molecule has 126 valence electrons. The fourth-order valence-corrected chi connectivity index (χ4v) is 2.52. The molecule has 25 heavy (non-hydrogen) atoms. The van der Waals surface area contributed by atoms with Gasteiger partial charge in [0.1, 0.15) is 5.69 Å². The van der Waals surface area contributed by atoms with E-state index in [2.05, 4.69) is 20.4 Å². The third kappa shape index (κ3) is 3.59. The second-order valence-corrected chi connectivity index (χ2v) is 5.75. The van der Waals surface area contributed by atoms with Gasteiger partial charge in [0.05, 0.1) is 15.6 Å². The zero-order chi connectivity index (χ0) is 18.0. The van der Waals surface area contributed by atoms with Gasteiger partial charge in [-0.3, -0.25) is 25.1 Å². The van der Waals surface area contributed by atoms with Gasteiger partial charge in [-0.2, -0.15) is 0 Å². The molecule has 0 bridgehead atoms. The van der Waals surface area contributed by atoms with Crippen molar-refractivity contribution in [1.82, 2.24) is 10.2 Å². The molecular weight excluding hydrogens is 369 g/mol. The number of nitro groups is 1. The van der Waals surface area contributed by atoms with E-state index in [-0.39, 0.29) is 11.4 Å². The van der Waals surface area contributed by atoms with Crippen LogP contribution in [0.1, 0.15) is 0 Å². The van der Waals surface area contributed by atoms with E-state index in [0.717, 1.165) is 0 Å². The molecule has 0 amide bonds. The lowest BCUT2D eigenvalue weighted by Crippen LogP contribution is -1.96. The van der Waals surface area contributed by atoms with Gasteiger partial charge in [0, 0.05) is 22.7 Å². The predicted octanol–water partition coefficient (Wildman–Crippen LogP) is 5.00. The number of azo groups is 1. The first-order valence-electron chi connectivity index (χ1n) is 6.88. The fraction of sp³-hybridized carbons (Fsp3) is 0. The number of hydrogen-bond acceptors (Lipinski definition) is 5. The van der Waals surface area contributed by atoms with Crippen LogP contribution in [0.5, 0.6) is 0 Å². The Morgan fingerprint density at radius 1 is 1.00 bits per heavy atom. The molecule has 0 aliphatic rings. The van der Waals surface area contributed by atoms with E-state index in [1.54, 1.807) is 12.1 Å². The van der Waals surface area contributed by atoms with Crippen LogP contribution in [0, 0.1) is 10.1 Å². The van der Waals surface area contributed by atoms with Crippen LogP contribution in [0.3, 0.4) is 0 Å². The molecule has 0 fully saturated rings. The Labute approximate surface area is 150 Å². The summed E-state index contributed by atoms with van der Waals surface area (Å²) in [5.74, 6) is 0. The van der Waals surface area contributed by atoms with Crippen molar-refractivity contribution in [2.45, 2.75) is 0 Å². The van der Waals surface area contributed by atoms with Crippen molar-refractivity contribution in [1.29, 1.82) is 0 Å². The van der Waals surface area contributed by atoms with Crippen molar-refractivity contribution in [3.05, 3.63) is 73.0 Å². The lowest BCUT2D eigenvalue weighted by atomic mass is 10.1. The Morgan fingerprint density at radius 2 is 1.72 bits per heavy atom. The van der Waals surface area contributed by atoms with Crippen molar-refractivity contribution < 1.29 is 4.92 Å². The van der Waals surface area contributed by atoms with Crippen LogP contribution in [-0.2, 0) is 0 Å². The van der Waals surface area contributed by atoms with Gasteiger partial charge >= 0.3 is 0 Å². The average molecular weight is 378 g/mol. The number of non-ortho nitro benzene ring substituents is 1. The standard InChI is InChI=1S/C15H9Cl2N5O3/c16-9-3-6-12(11(17)7-9)18-20-14-13(19-21-15(14)23)8-1-4-10(5-2-8)22(24)25/h1-7H,(H2,19,21,23). The maximum atomic E-state index is 11.9. The number of benzene rings is 2. The molecule has 0 radical (unpaired) electrons. The summed E-state index contributed by atoms with van der Waals surface area (Å²) in [6.07, 6.45) is 0. The number of rotatable bonds is 4. The zero-order valence-electron chi connectivity index (χ0n) is 12.4. The SMILES string of the molecule is O=c1[nH][nH]c(-c2ccc([N+](=O)[O-])cc2)c1N=Nc1ccc(Cl)cc1Cl. The number of nitrogens with one attached hydrogen (secondary N) is 2. The lowest BCUT2D eigenvalue weighted by Gasteiger charge is -1.99. The van der Waals surface area contributed by atoms with Crippen LogP contribution in [0.25, 0.3) is 11.3 Å². The minimum atomic E-state index is -0.507. The normalized spacial score (nSPS) is 11.1. The van der Waals surface area contributed by atoms with E-state index in [1.165, 1.54) is 30.3 Å². The minimum absolute atomic E-state index is 0.0277. The maximum Gasteiger partial charge on any atom is 0.292 e. The molecule has 1 aromatic heterocycles. The van der Waals surface area contributed by atoms with Crippen LogP contribution >= 0.6 is 23.2 Å². The van der Waals surface area contributed by atoms with Gasteiger partial charge < -0.3 is 0 Å². The molecular formula is C15H9Cl2N5O3. The molecule has 0 atom stereocenters. The highest BCUT2D eigenvalue weighted by molar-refractivity contribution is 6.36. The summed E-state index contributed by atoms with van der Waals surface area (Å²) >= 11 is 11.8. The highest BCUT2D eigenvalue weighted by Crippen LogP contribution is 2.31. The summed E-state index contributed by atoms with van der Waals surface area (Å²) in [6, 6.07) is 10.4. The molecule has 10 heteroatoms. The fourth-order valence-electron chi connectivity index (χ4n) is 2.07. The van der Waals surface area contributed by atoms with Gasteiger partial charge in [-0.05, 0) is 30.3 Å². The van der Waals surface area contributed by atoms with Crippen LogP contribution in [0.2, 0.25) is 10.0 Å². The molecule has 0 saturated heterocycles. The Kier molecular flexibility index (Phi) is 4.64. The monoisotopic (exact) mass is 377 g/mol. The van der Waals surface area contributed by atoms with Crippen molar-refractivity contribution in [3.8, 4) is 11.3 Å². The van der Waals surface area contributed by atoms with Crippen molar-refractivity contribution >= 4 is 40.3 Å². The third-order valence-electron chi connectivity index (χ3n) is 3.29. The number of aromatic amines is 2. The predicted molar refractivity (Wildman–Crippen MR) is 94.1 cm³/mol. The third-order valence-corrected chi connectivity index (χ3v) is 3.83. The molecule has 8 nitrogen and oxygen atoms in total. The van der Waals surface area contributed by atoms with Gasteiger partial charge in [0.15, 0.2) is 5.69 Å². The van der Waals surface area contributed by atoms with Crippen molar-refractivity contribution in [2.75, 3.05) is 0 Å². The van der Waals surface area contributed by atoms with Crippen LogP contribution in [-0.4, -0.2) is 15.1 Å². The van der Waals surface area contributed by atoms with E-state index in [1.807, 2.05) is 0 Å². The van der Waals surface area contributed by atoms with Crippen molar-refractivity contribution in [2.24, 2.45) is 10.2 Å². The molecule has 2 N–H and O–H groups in total. The molecule has 0 aliphatic carbocycles. The summed E-state index contributed by atoms with van der Waals surface area (Å²) in [4.78, 5) is 22.2. The minimum Gasteiger partial charge on any atom is -0.295 e.